The second-order valence-corrected chi connectivity index (χ2v) is 6.88. The van der Waals surface area contributed by atoms with Gasteiger partial charge in [0.1, 0.15) is 12.4 Å². The van der Waals surface area contributed by atoms with E-state index in [-0.39, 0.29) is 11.8 Å². The first-order valence-electron chi connectivity index (χ1n) is 9.60. The lowest BCUT2D eigenvalue weighted by atomic mass is 10.1. The topological polar surface area (TPSA) is 67.4 Å². The van der Waals surface area contributed by atoms with Crippen LogP contribution in [0.15, 0.2) is 79.4 Å². The zero-order valence-electron chi connectivity index (χ0n) is 17.1. The SMILES string of the molecule is C=CCOc1ccc(C(=O)Nc2ccccc2C(=O)Nc2ccc(C)c(C)c2)cc1. The van der Waals surface area contributed by atoms with E-state index in [2.05, 4.69) is 17.2 Å². The molecule has 0 aromatic heterocycles. The molecule has 0 spiro atoms. The van der Waals surface area contributed by atoms with Crippen LogP contribution in [0.4, 0.5) is 11.4 Å². The van der Waals surface area contributed by atoms with Crippen LogP contribution in [0.5, 0.6) is 5.75 Å². The first kappa shape index (κ1) is 20.9. The van der Waals surface area contributed by atoms with E-state index in [1.165, 1.54) is 0 Å². The van der Waals surface area contributed by atoms with Crippen molar-refractivity contribution in [2.24, 2.45) is 0 Å². The van der Waals surface area contributed by atoms with Gasteiger partial charge in [0.2, 0.25) is 0 Å². The van der Waals surface area contributed by atoms with E-state index in [0.29, 0.717) is 34.9 Å². The van der Waals surface area contributed by atoms with Crippen molar-refractivity contribution in [2.45, 2.75) is 13.8 Å². The fourth-order valence-corrected chi connectivity index (χ4v) is 2.86. The fraction of sp³-hybridized carbons (Fsp3) is 0.120. The maximum Gasteiger partial charge on any atom is 0.257 e. The van der Waals surface area contributed by atoms with Gasteiger partial charge in [0.15, 0.2) is 0 Å². The number of hydrogen-bond acceptors (Lipinski definition) is 3. The molecular weight excluding hydrogens is 376 g/mol. The Labute approximate surface area is 176 Å². The average molecular weight is 400 g/mol. The molecule has 3 aromatic carbocycles. The minimum atomic E-state index is -0.309. The molecule has 5 heteroatoms. The van der Waals surface area contributed by atoms with Gasteiger partial charge >= 0.3 is 0 Å². The van der Waals surface area contributed by atoms with E-state index in [0.717, 1.165) is 11.1 Å². The van der Waals surface area contributed by atoms with E-state index in [1.54, 1.807) is 54.6 Å². The molecule has 152 valence electrons. The molecule has 0 aliphatic carbocycles. The zero-order valence-corrected chi connectivity index (χ0v) is 17.1. The molecule has 3 aromatic rings. The van der Waals surface area contributed by atoms with Gasteiger partial charge in [0.05, 0.1) is 11.3 Å². The summed E-state index contributed by atoms with van der Waals surface area (Å²) in [6.07, 6.45) is 1.65. The quantitative estimate of drug-likeness (QED) is 0.524. The summed E-state index contributed by atoms with van der Waals surface area (Å²) >= 11 is 0. The summed E-state index contributed by atoms with van der Waals surface area (Å²) in [6, 6.07) is 19.4. The number of para-hydroxylation sites is 1. The molecule has 0 unspecified atom stereocenters. The van der Waals surface area contributed by atoms with Crippen molar-refractivity contribution in [1.82, 2.24) is 0 Å². The molecule has 0 atom stereocenters. The summed E-state index contributed by atoms with van der Waals surface area (Å²) in [5.41, 5.74) is 4.24. The number of carbonyl (C=O) groups excluding carboxylic acids is 2. The van der Waals surface area contributed by atoms with Crippen molar-refractivity contribution >= 4 is 23.2 Å². The number of ether oxygens (including phenoxy) is 1. The van der Waals surface area contributed by atoms with Crippen LogP contribution < -0.4 is 15.4 Å². The predicted octanol–water partition coefficient (Wildman–Crippen LogP) is 5.37. The molecule has 0 aliphatic rings. The Balaban J connectivity index is 1.74. The Morgan fingerprint density at radius 2 is 1.63 bits per heavy atom. The Hall–Kier alpha value is -3.86. The molecule has 0 fully saturated rings. The van der Waals surface area contributed by atoms with Gasteiger partial charge in [-0.3, -0.25) is 9.59 Å². The molecular formula is C25H24N2O3. The van der Waals surface area contributed by atoms with Crippen molar-refractivity contribution < 1.29 is 14.3 Å². The second-order valence-electron chi connectivity index (χ2n) is 6.88. The fourth-order valence-electron chi connectivity index (χ4n) is 2.86. The van der Waals surface area contributed by atoms with Crippen LogP contribution in [-0.4, -0.2) is 18.4 Å². The van der Waals surface area contributed by atoms with Crippen molar-refractivity contribution in [3.05, 3.63) is 102 Å². The molecule has 0 radical (unpaired) electrons. The maximum atomic E-state index is 12.8. The van der Waals surface area contributed by atoms with Gasteiger partial charge < -0.3 is 15.4 Å². The minimum Gasteiger partial charge on any atom is -0.490 e. The van der Waals surface area contributed by atoms with E-state index in [4.69, 9.17) is 4.74 Å². The van der Waals surface area contributed by atoms with Gasteiger partial charge in [0.25, 0.3) is 11.8 Å². The van der Waals surface area contributed by atoms with Gasteiger partial charge in [-0.05, 0) is 73.5 Å². The third kappa shape index (κ3) is 5.14. The highest BCUT2D eigenvalue weighted by Gasteiger charge is 2.14. The molecule has 0 saturated heterocycles. The van der Waals surface area contributed by atoms with Gasteiger partial charge in [-0.2, -0.15) is 0 Å². The molecule has 2 amide bonds. The van der Waals surface area contributed by atoms with E-state index in [9.17, 15) is 9.59 Å². The summed E-state index contributed by atoms with van der Waals surface area (Å²) in [7, 11) is 0. The Kier molecular flexibility index (Phi) is 6.65. The van der Waals surface area contributed by atoms with Crippen molar-refractivity contribution in [3.8, 4) is 5.75 Å². The van der Waals surface area contributed by atoms with Crippen molar-refractivity contribution in [1.29, 1.82) is 0 Å². The summed E-state index contributed by atoms with van der Waals surface area (Å²) in [5, 5.41) is 5.71. The number of amides is 2. The highest BCUT2D eigenvalue weighted by molar-refractivity contribution is 6.12. The molecule has 5 nitrogen and oxygen atoms in total. The third-order valence-corrected chi connectivity index (χ3v) is 4.67. The number of benzene rings is 3. The maximum absolute atomic E-state index is 12.8. The van der Waals surface area contributed by atoms with Crippen LogP contribution in [0.25, 0.3) is 0 Å². The Morgan fingerprint density at radius 3 is 2.33 bits per heavy atom. The lowest BCUT2D eigenvalue weighted by Gasteiger charge is -2.12. The van der Waals surface area contributed by atoms with Crippen LogP contribution in [0.2, 0.25) is 0 Å². The van der Waals surface area contributed by atoms with Gasteiger partial charge in [-0.1, -0.05) is 30.9 Å². The van der Waals surface area contributed by atoms with Crippen molar-refractivity contribution in [3.63, 3.8) is 0 Å². The number of carbonyl (C=O) groups is 2. The molecule has 30 heavy (non-hydrogen) atoms. The first-order valence-corrected chi connectivity index (χ1v) is 9.60. The standard InChI is InChI=1S/C25H24N2O3/c1-4-15-30-21-13-10-19(11-14-21)24(28)27-23-8-6-5-7-22(23)25(29)26-20-12-9-17(2)18(3)16-20/h4-14,16H,1,15H2,2-3H3,(H,26,29)(H,27,28). The van der Waals surface area contributed by atoms with E-state index >= 15 is 0 Å². The van der Waals surface area contributed by atoms with Crippen LogP contribution >= 0.6 is 0 Å². The summed E-state index contributed by atoms with van der Waals surface area (Å²) in [4.78, 5) is 25.5. The molecule has 0 bridgehead atoms. The van der Waals surface area contributed by atoms with E-state index < -0.39 is 0 Å². The van der Waals surface area contributed by atoms with Crippen LogP contribution in [0.1, 0.15) is 31.8 Å². The van der Waals surface area contributed by atoms with Gasteiger partial charge in [0, 0.05) is 11.3 Å². The highest BCUT2D eigenvalue weighted by Crippen LogP contribution is 2.20. The molecule has 0 saturated carbocycles. The largest absolute Gasteiger partial charge is 0.490 e. The summed E-state index contributed by atoms with van der Waals surface area (Å²) < 4.78 is 5.43. The lowest BCUT2D eigenvalue weighted by Crippen LogP contribution is -2.18. The smallest absolute Gasteiger partial charge is 0.257 e. The van der Waals surface area contributed by atoms with Crippen molar-refractivity contribution in [2.75, 3.05) is 17.2 Å². The zero-order chi connectivity index (χ0) is 21.5. The number of aryl methyl sites for hydroxylation is 2. The minimum absolute atomic E-state index is 0.290. The number of hydrogen-bond donors (Lipinski definition) is 2. The third-order valence-electron chi connectivity index (χ3n) is 4.67. The number of nitrogens with one attached hydrogen (secondary N) is 2. The predicted molar refractivity (Wildman–Crippen MR) is 120 cm³/mol. The second kappa shape index (κ2) is 9.56. The monoisotopic (exact) mass is 400 g/mol. The van der Waals surface area contributed by atoms with Gasteiger partial charge in [-0.25, -0.2) is 0 Å². The summed E-state index contributed by atoms with van der Waals surface area (Å²) in [6.45, 7) is 8.01. The van der Waals surface area contributed by atoms with Crippen LogP contribution in [-0.2, 0) is 0 Å². The highest BCUT2D eigenvalue weighted by atomic mass is 16.5. The first-order chi connectivity index (χ1) is 14.5. The molecule has 0 aliphatic heterocycles. The lowest BCUT2D eigenvalue weighted by molar-refractivity contribution is 0.102. The molecule has 0 heterocycles. The van der Waals surface area contributed by atoms with Crippen LogP contribution in [0, 0.1) is 13.8 Å². The van der Waals surface area contributed by atoms with Crippen LogP contribution in [0.3, 0.4) is 0 Å². The Bertz CT molecular complexity index is 1070. The normalized spacial score (nSPS) is 10.2. The summed E-state index contributed by atoms with van der Waals surface area (Å²) in [5.74, 6) is 0.0543. The van der Waals surface area contributed by atoms with Gasteiger partial charge in [-0.15, -0.1) is 0 Å². The van der Waals surface area contributed by atoms with E-state index in [1.807, 2.05) is 32.0 Å². The number of rotatable bonds is 7. The average Bonchev–Trinajstić information content (AvgIpc) is 2.75. The molecule has 2 N–H and O–H groups in total. The number of anilines is 2. The Morgan fingerprint density at radius 1 is 0.900 bits per heavy atom. The molecule has 3 rings (SSSR count).